The van der Waals surface area contributed by atoms with Gasteiger partial charge in [-0.15, -0.1) is 0 Å². The largest absolute Gasteiger partial charge is 0.466 e. The molecule has 3 N–H and O–H groups in total. The number of esters is 1. The molecule has 0 rings (SSSR count). The minimum Gasteiger partial charge on any atom is -0.466 e. The molecule has 0 radical (unpaired) electrons. The quantitative estimate of drug-likeness (QED) is 0.0320. The van der Waals surface area contributed by atoms with E-state index in [1.165, 1.54) is 295 Å². The number of allylic oxidation sites excluding steroid dienone is 4. The molecule has 75 heavy (non-hydrogen) atoms. The first-order valence-electron chi connectivity index (χ1n) is 34.1. The average Bonchev–Trinajstić information content (AvgIpc) is 3.41. The molecular weight excluding hydrogens is 923 g/mol. The number of unbranched alkanes of at least 4 members (excludes halogenated alkanes) is 49. The smallest absolute Gasteiger partial charge is 0.305 e. The first-order chi connectivity index (χ1) is 37.0. The third kappa shape index (κ3) is 61.4. The fourth-order valence-corrected chi connectivity index (χ4v) is 10.8. The summed E-state index contributed by atoms with van der Waals surface area (Å²) in [5, 5.41) is 23.4. The highest BCUT2D eigenvalue weighted by Gasteiger charge is 2.20. The molecule has 1 amide bonds. The second-order valence-electron chi connectivity index (χ2n) is 23.5. The second-order valence-corrected chi connectivity index (χ2v) is 23.5. The lowest BCUT2D eigenvalue weighted by atomic mass is 10.0. The van der Waals surface area contributed by atoms with Crippen molar-refractivity contribution in [1.29, 1.82) is 0 Å². The highest BCUT2D eigenvalue weighted by atomic mass is 16.5. The molecule has 0 aliphatic carbocycles. The number of ether oxygens (including phenoxy) is 1. The number of aliphatic hydroxyl groups excluding tert-OH is 2. The Balaban J connectivity index is 3.39. The van der Waals surface area contributed by atoms with Crippen LogP contribution in [0.25, 0.3) is 0 Å². The van der Waals surface area contributed by atoms with E-state index in [1.54, 1.807) is 0 Å². The monoisotopic (exact) mass is 1060 g/mol. The van der Waals surface area contributed by atoms with E-state index in [4.69, 9.17) is 4.74 Å². The summed E-state index contributed by atoms with van der Waals surface area (Å²) in [6, 6.07) is -0.545. The van der Waals surface area contributed by atoms with Gasteiger partial charge in [-0.25, -0.2) is 0 Å². The standard InChI is InChI=1S/C69H133NO5/c1-3-5-7-9-11-13-15-17-18-19-20-21-22-23-24-25-28-31-34-38-41-45-49-53-57-61-67(72)66(65-71)70-68(73)62-58-54-50-46-42-39-35-32-29-26-27-30-33-36-40-44-48-52-56-60-64-75-69(74)63-59-55-51-47-43-37-16-14-12-10-8-6-4-2/h8,10,14,16,66-67,71-72H,3-7,9,11-13,15,17-65H2,1-2H3,(H,70,73)/b10-8-,16-14-. The van der Waals surface area contributed by atoms with Crippen molar-refractivity contribution < 1.29 is 24.5 Å². The van der Waals surface area contributed by atoms with E-state index in [1.807, 2.05) is 0 Å². The van der Waals surface area contributed by atoms with Crippen LogP contribution in [0.15, 0.2) is 24.3 Å². The zero-order chi connectivity index (χ0) is 54.3. The van der Waals surface area contributed by atoms with E-state index in [0.717, 1.165) is 51.4 Å². The number of rotatable bonds is 64. The van der Waals surface area contributed by atoms with Crippen molar-refractivity contribution in [2.45, 2.75) is 392 Å². The molecule has 0 aromatic heterocycles. The molecule has 0 heterocycles. The van der Waals surface area contributed by atoms with E-state index < -0.39 is 12.1 Å². The fourth-order valence-electron chi connectivity index (χ4n) is 10.8. The summed E-state index contributed by atoms with van der Waals surface area (Å²) in [5.41, 5.74) is 0. The Morgan fingerprint density at radius 2 is 0.693 bits per heavy atom. The highest BCUT2D eigenvalue weighted by molar-refractivity contribution is 5.76. The summed E-state index contributed by atoms with van der Waals surface area (Å²) < 4.78 is 5.47. The predicted octanol–water partition coefficient (Wildman–Crippen LogP) is 21.8. The summed E-state index contributed by atoms with van der Waals surface area (Å²) in [5.74, 6) is -0.0363. The fraction of sp³-hybridized carbons (Fsp3) is 0.913. The molecule has 0 aliphatic rings. The number of carbonyl (C=O) groups is 2. The number of amides is 1. The molecule has 2 unspecified atom stereocenters. The van der Waals surface area contributed by atoms with Crippen LogP contribution in [-0.2, 0) is 14.3 Å². The summed E-state index contributed by atoms with van der Waals surface area (Å²) in [6.07, 6.45) is 80.7. The van der Waals surface area contributed by atoms with Gasteiger partial charge < -0.3 is 20.3 Å². The Labute approximate surface area is 469 Å². The molecule has 0 saturated carbocycles. The maximum absolute atomic E-state index is 12.6. The summed E-state index contributed by atoms with van der Waals surface area (Å²) >= 11 is 0. The van der Waals surface area contributed by atoms with E-state index in [-0.39, 0.29) is 18.5 Å². The molecule has 0 aromatic rings. The zero-order valence-corrected chi connectivity index (χ0v) is 50.8. The lowest BCUT2D eigenvalue weighted by Crippen LogP contribution is -2.45. The predicted molar refractivity (Wildman–Crippen MR) is 329 cm³/mol. The maximum Gasteiger partial charge on any atom is 0.305 e. The molecule has 0 fully saturated rings. The van der Waals surface area contributed by atoms with Crippen LogP contribution < -0.4 is 5.32 Å². The van der Waals surface area contributed by atoms with Crippen LogP contribution in [0.4, 0.5) is 0 Å². The Morgan fingerprint density at radius 1 is 0.373 bits per heavy atom. The first kappa shape index (κ1) is 73.3. The molecular formula is C69H133NO5. The van der Waals surface area contributed by atoms with Crippen molar-refractivity contribution in [3.8, 4) is 0 Å². The van der Waals surface area contributed by atoms with Gasteiger partial charge in [0, 0.05) is 12.8 Å². The van der Waals surface area contributed by atoms with Crippen molar-refractivity contribution in [2.75, 3.05) is 13.2 Å². The molecule has 2 atom stereocenters. The molecule has 0 saturated heterocycles. The third-order valence-electron chi connectivity index (χ3n) is 16.0. The van der Waals surface area contributed by atoms with Crippen LogP contribution in [0.1, 0.15) is 380 Å². The van der Waals surface area contributed by atoms with Crippen LogP contribution in [-0.4, -0.2) is 47.4 Å². The van der Waals surface area contributed by atoms with Crippen LogP contribution in [0.3, 0.4) is 0 Å². The molecule has 6 heteroatoms. The molecule has 6 nitrogen and oxygen atoms in total. The van der Waals surface area contributed by atoms with E-state index in [2.05, 4.69) is 43.5 Å². The number of hydrogen-bond acceptors (Lipinski definition) is 5. The maximum atomic E-state index is 12.6. The van der Waals surface area contributed by atoms with Gasteiger partial charge in [-0.2, -0.15) is 0 Å². The van der Waals surface area contributed by atoms with Gasteiger partial charge in [0.05, 0.1) is 25.4 Å². The van der Waals surface area contributed by atoms with Crippen molar-refractivity contribution >= 4 is 11.9 Å². The summed E-state index contributed by atoms with van der Waals surface area (Å²) in [6.45, 7) is 4.91. The molecule has 0 aliphatic heterocycles. The Morgan fingerprint density at radius 3 is 1.07 bits per heavy atom. The van der Waals surface area contributed by atoms with Gasteiger partial charge >= 0.3 is 5.97 Å². The Hall–Kier alpha value is -1.66. The second kappa shape index (κ2) is 64.9. The van der Waals surface area contributed by atoms with Gasteiger partial charge in [0.1, 0.15) is 0 Å². The van der Waals surface area contributed by atoms with Crippen LogP contribution in [0, 0.1) is 0 Å². The average molecular weight is 1060 g/mol. The molecule has 0 aromatic carbocycles. The van der Waals surface area contributed by atoms with E-state index >= 15 is 0 Å². The zero-order valence-electron chi connectivity index (χ0n) is 50.8. The van der Waals surface area contributed by atoms with Gasteiger partial charge in [-0.3, -0.25) is 9.59 Å². The SMILES string of the molecule is CCC/C=C\C/C=C\CCCCCCCC(=O)OCCCCCCCCCCCCCCCCCCCCCCC(=O)NC(CO)C(O)CCCCCCCCCCCCCCCCCCCCCCCCCCC. The van der Waals surface area contributed by atoms with Gasteiger partial charge in [0.2, 0.25) is 5.91 Å². The first-order valence-corrected chi connectivity index (χ1v) is 34.1. The van der Waals surface area contributed by atoms with Crippen molar-refractivity contribution in [1.82, 2.24) is 5.32 Å². The van der Waals surface area contributed by atoms with E-state index in [9.17, 15) is 19.8 Å². The lowest BCUT2D eigenvalue weighted by molar-refractivity contribution is -0.143. The molecule has 0 bridgehead atoms. The summed E-state index contributed by atoms with van der Waals surface area (Å²) in [7, 11) is 0. The van der Waals surface area contributed by atoms with Gasteiger partial charge in [0.25, 0.3) is 0 Å². The minimum atomic E-state index is -0.667. The van der Waals surface area contributed by atoms with E-state index in [0.29, 0.717) is 25.9 Å². The number of aliphatic hydroxyl groups is 2. The van der Waals surface area contributed by atoms with Gasteiger partial charge in [-0.05, 0) is 51.4 Å². The van der Waals surface area contributed by atoms with Crippen LogP contribution in [0.2, 0.25) is 0 Å². The number of nitrogens with one attached hydrogen (secondary N) is 1. The molecule has 444 valence electrons. The summed E-state index contributed by atoms with van der Waals surface area (Å²) in [4.78, 5) is 24.6. The van der Waals surface area contributed by atoms with Crippen LogP contribution >= 0.6 is 0 Å². The highest BCUT2D eigenvalue weighted by Crippen LogP contribution is 2.19. The normalized spacial score (nSPS) is 12.6. The van der Waals surface area contributed by atoms with Crippen LogP contribution in [0.5, 0.6) is 0 Å². The van der Waals surface area contributed by atoms with Crippen molar-refractivity contribution in [3.05, 3.63) is 24.3 Å². The lowest BCUT2D eigenvalue weighted by Gasteiger charge is -2.22. The number of hydrogen-bond donors (Lipinski definition) is 3. The van der Waals surface area contributed by atoms with Gasteiger partial charge in [-0.1, -0.05) is 340 Å². The Kier molecular flexibility index (Phi) is 63.4. The minimum absolute atomic E-state index is 0.00380. The number of carbonyl (C=O) groups excluding carboxylic acids is 2. The van der Waals surface area contributed by atoms with Crippen molar-refractivity contribution in [2.24, 2.45) is 0 Å². The van der Waals surface area contributed by atoms with Crippen molar-refractivity contribution in [3.63, 3.8) is 0 Å². The topological polar surface area (TPSA) is 95.9 Å². The Bertz CT molecular complexity index is 1170. The van der Waals surface area contributed by atoms with Gasteiger partial charge in [0.15, 0.2) is 0 Å². The third-order valence-corrected chi connectivity index (χ3v) is 16.0. The molecule has 0 spiro atoms.